The Morgan fingerprint density at radius 3 is 2.89 bits per heavy atom. The molecule has 0 radical (unpaired) electrons. The molecule has 1 N–H and O–H groups in total. The molecule has 5 nitrogen and oxygen atoms in total. The van der Waals surface area contributed by atoms with E-state index in [1.54, 1.807) is 0 Å². The summed E-state index contributed by atoms with van der Waals surface area (Å²) in [6, 6.07) is 10.0. The Kier molecular flexibility index (Phi) is 2.59. The van der Waals surface area contributed by atoms with Gasteiger partial charge in [-0.1, -0.05) is 30.3 Å². The summed E-state index contributed by atoms with van der Waals surface area (Å²) in [6.45, 7) is 2.23. The molecule has 0 saturated heterocycles. The summed E-state index contributed by atoms with van der Waals surface area (Å²) in [5.74, 6) is 1.70. The lowest BCUT2D eigenvalue weighted by molar-refractivity contribution is -0.123. The van der Waals surface area contributed by atoms with Gasteiger partial charge >= 0.3 is 0 Å². The van der Waals surface area contributed by atoms with Gasteiger partial charge in [0.15, 0.2) is 5.82 Å². The van der Waals surface area contributed by atoms with E-state index in [1.165, 1.54) is 5.56 Å². The molecule has 1 aromatic carbocycles. The van der Waals surface area contributed by atoms with Crippen LogP contribution >= 0.6 is 0 Å². The van der Waals surface area contributed by atoms with Gasteiger partial charge in [0.05, 0.1) is 6.04 Å². The molecule has 0 saturated carbocycles. The highest BCUT2D eigenvalue weighted by molar-refractivity contribution is 5.77. The van der Waals surface area contributed by atoms with Gasteiger partial charge in [0.25, 0.3) is 0 Å². The van der Waals surface area contributed by atoms with Crippen LogP contribution in [0.15, 0.2) is 30.3 Å². The second-order valence-electron chi connectivity index (χ2n) is 4.51. The smallest absolute Gasteiger partial charge is 0.240 e. The first-order valence-electron chi connectivity index (χ1n) is 5.99. The number of carbonyl (C=O) groups excluding carboxylic acids is 1. The van der Waals surface area contributed by atoms with Crippen LogP contribution < -0.4 is 5.32 Å². The topological polar surface area (TPSA) is 59.8 Å². The molecule has 1 amide bonds. The maximum atomic E-state index is 11.6. The Morgan fingerprint density at radius 1 is 1.33 bits per heavy atom. The van der Waals surface area contributed by atoms with E-state index >= 15 is 0 Å². The van der Waals surface area contributed by atoms with Crippen molar-refractivity contribution in [2.24, 2.45) is 0 Å². The maximum absolute atomic E-state index is 11.6. The summed E-state index contributed by atoms with van der Waals surface area (Å²) in [4.78, 5) is 11.6. The molecule has 0 fully saturated rings. The zero-order valence-corrected chi connectivity index (χ0v) is 10.1. The number of nitrogens with zero attached hydrogens (tertiary/aromatic N) is 3. The summed E-state index contributed by atoms with van der Waals surface area (Å²) in [5, 5.41) is 11.2. The number of fused-ring (bicyclic) bond motifs is 1. The van der Waals surface area contributed by atoms with Crippen LogP contribution in [0, 0.1) is 0 Å². The van der Waals surface area contributed by atoms with Crippen molar-refractivity contribution >= 4 is 5.91 Å². The summed E-state index contributed by atoms with van der Waals surface area (Å²) in [5.41, 5.74) is 1.17. The van der Waals surface area contributed by atoms with Gasteiger partial charge in [-0.3, -0.25) is 4.79 Å². The van der Waals surface area contributed by atoms with E-state index < -0.39 is 0 Å². The van der Waals surface area contributed by atoms with Crippen molar-refractivity contribution in [3.8, 4) is 0 Å². The van der Waals surface area contributed by atoms with Crippen LogP contribution in [0.5, 0.6) is 0 Å². The van der Waals surface area contributed by atoms with Gasteiger partial charge in [-0.2, -0.15) is 0 Å². The van der Waals surface area contributed by atoms with E-state index in [9.17, 15) is 4.79 Å². The number of aromatic nitrogens is 3. The average Bonchev–Trinajstić information content (AvgIpc) is 2.74. The van der Waals surface area contributed by atoms with E-state index in [0.29, 0.717) is 13.0 Å². The van der Waals surface area contributed by atoms with Crippen molar-refractivity contribution in [1.82, 2.24) is 20.1 Å². The van der Waals surface area contributed by atoms with Crippen LogP contribution in [0.1, 0.15) is 30.2 Å². The Balaban J connectivity index is 1.93. The summed E-state index contributed by atoms with van der Waals surface area (Å²) < 4.78 is 1.91. The predicted molar refractivity (Wildman–Crippen MR) is 65.8 cm³/mol. The lowest BCUT2D eigenvalue weighted by Gasteiger charge is -2.21. The third-order valence-corrected chi connectivity index (χ3v) is 3.13. The number of rotatable bonds is 2. The molecular weight excluding hydrogens is 228 g/mol. The molecule has 18 heavy (non-hydrogen) atoms. The van der Waals surface area contributed by atoms with Crippen LogP contribution in [-0.2, 0) is 17.8 Å². The Labute approximate surface area is 105 Å². The monoisotopic (exact) mass is 242 g/mol. The number of hydrogen-bond acceptors (Lipinski definition) is 3. The quantitative estimate of drug-likeness (QED) is 0.856. The molecular formula is C13H14N4O. The fraction of sp³-hybridized carbons (Fsp3) is 0.308. The van der Waals surface area contributed by atoms with Crippen LogP contribution in [0.25, 0.3) is 0 Å². The highest BCUT2D eigenvalue weighted by atomic mass is 16.2. The number of hydrogen-bond donors (Lipinski definition) is 1. The molecule has 0 unspecified atom stereocenters. The SMILES string of the molecule is C[C@H]1NC(=O)Cn2c(Cc3ccccc3)nnc21. The van der Waals surface area contributed by atoms with E-state index in [-0.39, 0.29) is 11.9 Å². The van der Waals surface area contributed by atoms with Crippen molar-refractivity contribution in [2.45, 2.75) is 25.9 Å². The number of benzene rings is 1. The number of nitrogens with one attached hydrogen (secondary N) is 1. The van der Waals surface area contributed by atoms with E-state index in [4.69, 9.17) is 0 Å². The molecule has 92 valence electrons. The minimum absolute atomic E-state index is 0.0177. The lowest BCUT2D eigenvalue weighted by Crippen LogP contribution is -2.37. The van der Waals surface area contributed by atoms with Crippen LogP contribution in [-0.4, -0.2) is 20.7 Å². The Hall–Kier alpha value is -2.17. The molecule has 1 aliphatic heterocycles. The third kappa shape index (κ3) is 1.88. The zero-order valence-electron chi connectivity index (χ0n) is 10.1. The number of carbonyl (C=O) groups is 1. The molecule has 5 heteroatoms. The van der Waals surface area contributed by atoms with Gasteiger partial charge in [0.2, 0.25) is 5.91 Å². The average molecular weight is 242 g/mol. The van der Waals surface area contributed by atoms with Crippen molar-refractivity contribution in [3.05, 3.63) is 47.5 Å². The van der Waals surface area contributed by atoms with Gasteiger partial charge in [-0.05, 0) is 12.5 Å². The highest BCUT2D eigenvalue weighted by Gasteiger charge is 2.25. The molecule has 1 atom stereocenters. The van der Waals surface area contributed by atoms with E-state index in [2.05, 4.69) is 15.5 Å². The minimum Gasteiger partial charge on any atom is -0.345 e. The first-order valence-corrected chi connectivity index (χ1v) is 5.99. The van der Waals surface area contributed by atoms with Crippen LogP contribution in [0.3, 0.4) is 0 Å². The lowest BCUT2D eigenvalue weighted by atomic mass is 10.1. The normalized spacial score (nSPS) is 18.3. The summed E-state index contributed by atoms with van der Waals surface area (Å²) in [7, 11) is 0. The standard InChI is InChI=1S/C13H14N4O/c1-9-13-16-15-11(17(13)8-12(18)14-9)7-10-5-3-2-4-6-10/h2-6,9H,7-8H2,1H3,(H,14,18)/t9-/m1/s1. The molecule has 1 aromatic heterocycles. The third-order valence-electron chi connectivity index (χ3n) is 3.13. The molecule has 0 spiro atoms. The van der Waals surface area contributed by atoms with Gasteiger partial charge in [-0.15, -0.1) is 10.2 Å². The fourth-order valence-electron chi connectivity index (χ4n) is 2.25. The van der Waals surface area contributed by atoms with Crippen LogP contribution in [0.2, 0.25) is 0 Å². The predicted octanol–water partition coefficient (Wildman–Crippen LogP) is 1.06. The number of amides is 1. The molecule has 3 rings (SSSR count). The highest BCUT2D eigenvalue weighted by Crippen LogP contribution is 2.18. The van der Waals surface area contributed by atoms with Crippen molar-refractivity contribution < 1.29 is 4.79 Å². The Morgan fingerprint density at radius 2 is 2.11 bits per heavy atom. The zero-order chi connectivity index (χ0) is 12.5. The second-order valence-corrected chi connectivity index (χ2v) is 4.51. The van der Waals surface area contributed by atoms with E-state index in [0.717, 1.165) is 11.6 Å². The molecule has 2 aromatic rings. The van der Waals surface area contributed by atoms with Crippen molar-refractivity contribution in [1.29, 1.82) is 0 Å². The first kappa shape index (κ1) is 11.0. The fourth-order valence-corrected chi connectivity index (χ4v) is 2.25. The maximum Gasteiger partial charge on any atom is 0.240 e. The van der Waals surface area contributed by atoms with Crippen molar-refractivity contribution in [2.75, 3.05) is 0 Å². The summed E-state index contributed by atoms with van der Waals surface area (Å²) in [6.07, 6.45) is 0.702. The largest absolute Gasteiger partial charge is 0.345 e. The van der Waals surface area contributed by atoms with E-state index in [1.807, 2.05) is 41.8 Å². The van der Waals surface area contributed by atoms with Gasteiger partial charge in [-0.25, -0.2) is 0 Å². The van der Waals surface area contributed by atoms with Gasteiger partial charge in [0.1, 0.15) is 12.4 Å². The molecule has 0 aliphatic carbocycles. The van der Waals surface area contributed by atoms with Gasteiger partial charge in [0, 0.05) is 6.42 Å². The molecule has 0 bridgehead atoms. The molecule has 2 heterocycles. The van der Waals surface area contributed by atoms with Gasteiger partial charge < -0.3 is 9.88 Å². The molecule has 1 aliphatic rings. The minimum atomic E-state index is -0.0664. The Bertz CT molecular complexity index is 576. The van der Waals surface area contributed by atoms with Crippen molar-refractivity contribution in [3.63, 3.8) is 0 Å². The second kappa shape index (κ2) is 4.25. The summed E-state index contributed by atoms with van der Waals surface area (Å²) >= 11 is 0. The first-order chi connectivity index (χ1) is 8.74. The van der Waals surface area contributed by atoms with Crippen LogP contribution in [0.4, 0.5) is 0 Å².